The Bertz CT molecular complexity index is 385. The van der Waals surface area contributed by atoms with Gasteiger partial charge in [-0.05, 0) is 64.1 Å². The summed E-state index contributed by atoms with van der Waals surface area (Å²) in [6, 6.07) is 0.456. The Labute approximate surface area is 158 Å². The molecule has 2 bridgehead atoms. The van der Waals surface area contributed by atoms with E-state index in [0.29, 0.717) is 18.2 Å². The third-order valence-electron chi connectivity index (χ3n) is 5.65. The maximum absolute atomic E-state index is 5.90. The Morgan fingerprint density at radius 2 is 2.00 bits per heavy atom. The Morgan fingerprint density at radius 1 is 1.22 bits per heavy atom. The van der Waals surface area contributed by atoms with Crippen molar-refractivity contribution in [1.29, 1.82) is 0 Å². The van der Waals surface area contributed by atoms with Crippen molar-refractivity contribution in [3.8, 4) is 0 Å². The van der Waals surface area contributed by atoms with E-state index < -0.39 is 0 Å². The van der Waals surface area contributed by atoms with Gasteiger partial charge in [0.25, 0.3) is 0 Å². The number of nitrogens with one attached hydrogen (secondary N) is 2. The smallest absolute Gasteiger partial charge is 0.191 e. The van der Waals surface area contributed by atoms with Gasteiger partial charge in [0.1, 0.15) is 0 Å². The number of halogens is 1. The molecule has 0 aromatic rings. The zero-order valence-electron chi connectivity index (χ0n) is 14.6. The molecule has 0 amide bonds. The zero-order chi connectivity index (χ0) is 15.4. The maximum atomic E-state index is 5.90. The summed E-state index contributed by atoms with van der Waals surface area (Å²) < 4.78 is 5.90. The van der Waals surface area contributed by atoms with Gasteiger partial charge in [-0.3, -0.25) is 4.99 Å². The quantitative estimate of drug-likeness (QED) is 0.394. The van der Waals surface area contributed by atoms with Crippen molar-refractivity contribution in [3.63, 3.8) is 0 Å². The number of aliphatic imine (C=N–C) groups is 1. The minimum Gasteiger partial charge on any atom is -0.373 e. The number of hydrogen-bond donors (Lipinski definition) is 2. The second-order valence-corrected chi connectivity index (χ2v) is 7.03. The number of piperidine rings is 1. The fraction of sp³-hybridized carbons (Fsp3) is 0.941. The van der Waals surface area contributed by atoms with Crippen LogP contribution in [0.25, 0.3) is 0 Å². The van der Waals surface area contributed by atoms with Gasteiger partial charge in [-0.1, -0.05) is 6.92 Å². The van der Waals surface area contributed by atoms with Crippen LogP contribution in [0, 0.1) is 5.92 Å². The van der Waals surface area contributed by atoms with Crippen LogP contribution in [-0.2, 0) is 4.74 Å². The van der Waals surface area contributed by atoms with Crippen LogP contribution in [0.2, 0.25) is 0 Å². The first kappa shape index (κ1) is 19.2. The fourth-order valence-corrected chi connectivity index (χ4v) is 4.15. The van der Waals surface area contributed by atoms with Crippen molar-refractivity contribution in [3.05, 3.63) is 0 Å². The molecule has 3 atom stereocenters. The number of guanidine groups is 1. The zero-order valence-corrected chi connectivity index (χ0v) is 16.9. The highest BCUT2D eigenvalue weighted by Crippen LogP contribution is 2.34. The van der Waals surface area contributed by atoms with Gasteiger partial charge in [-0.2, -0.15) is 0 Å². The van der Waals surface area contributed by atoms with Gasteiger partial charge in [0, 0.05) is 13.6 Å². The SMILES string of the molecule is CCN1CCC(CCNC(=NC)NC2CC3CCC2O3)CC1.I. The second kappa shape index (κ2) is 9.42. The molecule has 0 saturated carbocycles. The molecule has 0 aliphatic carbocycles. The molecule has 3 saturated heterocycles. The van der Waals surface area contributed by atoms with Gasteiger partial charge in [0.2, 0.25) is 0 Å². The van der Waals surface area contributed by atoms with E-state index >= 15 is 0 Å². The maximum Gasteiger partial charge on any atom is 0.191 e. The molecule has 3 unspecified atom stereocenters. The van der Waals surface area contributed by atoms with Crippen molar-refractivity contribution in [2.75, 3.05) is 33.2 Å². The Kier molecular flexibility index (Phi) is 7.88. The summed E-state index contributed by atoms with van der Waals surface area (Å²) in [5.74, 6) is 1.83. The minimum absolute atomic E-state index is 0. The number of rotatable bonds is 5. The van der Waals surface area contributed by atoms with Gasteiger partial charge in [0.15, 0.2) is 5.96 Å². The van der Waals surface area contributed by atoms with E-state index in [9.17, 15) is 0 Å². The molecule has 134 valence electrons. The topological polar surface area (TPSA) is 48.9 Å². The van der Waals surface area contributed by atoms with Gasteiger partial charge in [-0.15, -0.1) is 24.0 Å². The molecular formula is C17H33IN4O. The summed E-state index contributed by atoms with van der Waals surface area (Å²) in [6.07, 6.45) is 8.43. The number of likely N-dealkylation sites (tertiary alicyclic amines) is 1. The van der Waals surface area contributed by atoms with Crippen LogP contribution in [-0.4, -0.2) is 62.3 Å². The lowest BCUT2D eigenvalue weighted by Gasteiger charge is -2.31. The fourth-order valence-electron chi connectivity index (χ4n) is 4.15. The summed E-state index contributed by atoms with van der Waals surface area (Å²) in [5, 5.41) is 7.05. The lowest BCUT2D eigenvalue weighted by atomic mass is 9.93. The van der Waals surface area contributed by atoms with E-state index in [1.165, 1.54) is 51.7 Å². The highest BCUT2D eigenvalue weighted by atomic mass is 127. The van der Waals surface area contributed by atoms with Crippen molar-refractivity contribution in [1.82, 2.24) is 15.5 Å². The number of fused-ring (bicyclic) bond motifs is 2. The molecule has 6 heteroatoms. The van der Waals surface area contributed by atoms with Crippen molar-refractivity contribution < 1.29 is 4.74 Å². The average Bonchev–Trinajstić information content (AvgIpc) is 3.17. The second-order valence-electron chi connectivity index (χ2n) is 7.03. The molecule has 0 spiro atoms. The monoisotopic (exact) mass is 436 g/mol. The van der Waals surface area contributed by atoms with E-state index in [1.807, 2.05) is 7.05 Å². The van der Waals surface area contributed by atoms with Crippen LogP contribution >= 0.6 is 24.0 Å². The van der Waals surface area contributed by atoms with Gasteiger partial charge in [0.05, 0.1) is 18.2 Å². The van der Waals surface area contributed by atoms with Crippen LogP contribution < -0.4 is 10.6 Å². The standard InChI is InChI=1S/C17H32N4O.HI/c1-3-21-10-7-13(8-11-21)6-9-19-17(18-2)20-15-12-14-4-5-16(15)22-14;/h13-16H,3-12H2,1-2H3,(H2,18,19,20);1H. The van der Waals surface area contributed by atoms with Crippen molar-refractivity contribution in [2.24, 2.45) is 10.9 Å². The summed E-state index contributed by atoms with van der Waals surface area (Å²) in [6.45, 7) is 7.04. The summed E-state index contributed by atoms with van der Waals surface area (Å²) in [4.78, 5) is 6.93. The van der Waals surface area contributed by atoms with Crippen LogP contribution in [0.1, 0.15) is 45.4 Å². The predicted molar refractivity (Wildman–Crippen MR) is 106 cm³/mol. The third kappa shape index (κ3) is 5.19. The highest BCUT2D eigenvalue weighted by molar-refractivity contribution is 14.0. The molecule has 2 N–H and O–H groups in total. The lowest BCUT2D eigenvalue weighted by molar-refractivity contribution is 0.0992. The Balaban J connectivity index is 0.00000192. The van der Waals surface area contributed by atoms with E-state index in [-0.39, 0.29) is 24.0 Å². The first-order valence-corrected chi connectivity index (χ1v) is 9.13. The highest BCUT2D eigenvalue weighted by Gasteiger charge is 2.41. The molecule has 0 radical (unpaired) electrons. The van der Waals surface area contributed by atoms with E-state index in [1.54, 1.807) is 0 Å². The van der Waals surface area contributed by atoms with E-state index in [2.05, 4.69) is 27.4 Å². The number of nitrogens with zero attached hydrogens (tertiary/aromatic N) is 2. The summed E-state index contributed by atoms with van der Waals surface area (Å²) >= 11 is 0. The Hall–Kier alpha value is -0.0800. The van der Waals surface area contributed by atoms with Crippen LogP contribution in [0.3, 0.4) is 0 Å². The van der Waals surface area contributed by atoms with Gasteiger partial charge >= 0.3 is 0 Å². The largest absolute Gasteiger partial charge is 0.373 e. The van der Waals surface area contributed by atoms with Gasteiger partial charge in [-0.25, -0.2) is 0 Å². The van der Waals surface area contributed by atoms with E-state index in [0.717, 1.165) is 24.8 Å². The molecule has 0 aromatic carbocycles. The predicted octanol–water partition coefficient (Wildman–Crippen LogP) is 2.21. The van der Waals surface area contributed by atoms with E-state index in [4.69, 9.17) is 4.74 Å². The summed E-state index contributed by atoms with van der Waals surface area (Å²) in [7, 11) is 1.86. The van der Waals surface area contributed by atoms with Crippen molar-refractivity contribution >= 4 is 29.9 Å². The number of ether oxygens (including phenoxy) is 1. The summed E-state index contributed by atoms with van der Waals surface area (Å²) in [5.41, 5.74) is 0. The first-order chi connectivity index (χ1) is 10.8. The average molecular weight is 436 g/mol. The molecule has 3 aliphatic rings. The molecule has 3 fully saturated rings. The van der Waals surface area contributed by atoms with Crippen molar-refractivity contribution in [2.45, 2.75) is 63.7 Å². The first-order valence-electron chi connectivity index (χ1n) is 9.13. The Morgan fingerprint density at radius 3 is 2.57 bits per heavy atom. The molecule has 3 rings (SSSR count). The number of hydrogen-bond acceptors (Lipinski definition) is 3. The van der Waals surface area contributed by atoms with Crippen LogP contribution in [0.5, 0.6) is 0 Å². The molecule has 3 heterocycles. The lowest BCUT2D eigenvalue weighted by Crippen LogP contribution is -2.47. The molecule has 23 heavy (non-hydrogen) atoms. The van der Waals surface area contributed by atoms with Crippen LogP contribution in [0.4, 0.5) is 0 Å². The molecule has 5 nitrogen and oxygen atoms in total. The minimum atomic E-state index is 0. The molecule has 3 aliphatic heterocycles. The molecular weight excluding hydrogens is 403 g/mol. The normalized spacial score (nSPS) is 31.9. The third-order valence-corrected chi connectivity index (χ3v) is 5.65. The van der Waals surface area contributed by atoms with Crippen LogP contribution in [0.15, 0.2) is 4.99 Å². The molecule has 0 aromatic heterocycles. The van der Waals surface area contributed by atoms with Gasteiger partial charge < -0.3 is 20.3 Å².